The van der Waals surface area contributed by atoms with Gasteiger partial charge in [-0.15, -0.1) is 10.2 Å². The molecule has 2 N–H and O–H groups in total. The Labute approximate surface area is 180 Å². The summed E-state index contributed by atoms with van der Waals surface area (Å²) in [5.41, 5.74) is 9.14. The Hall–Kier alpha value is -3.43. The van der Waals surface area contributed by atoms with Crippen molar-refractivity contribution in [2.24, 2.45) is 5.73 Å². The zero-order valence-corrected chi connectivity index (χ0v) is 17.9. The fourth-order valence-electron chi connectivity index (χ4n) is 2.97. The first-order valence-corrected chi connectivity index (χ1v) is 11.2. The molecule has 0 fully saturated rings. The van der Waals surface area contributed by atoms with Gasteiger partial charge < -0.3 is 10.2 Å². The maximum absolute atomic E-state index is 12.3. The molecule has 4 rings (SSSR count). The average Bonchev–Trinajstić information content (AvgIpc) is 3.30. The molecule has 0 radical (unpaired) electrons. The van der Waals surface area contributed by atoms with Crippen molar-refractivity contribution in [3.8, 4) is 34.3 Å². The van der Waals surface area contributed by atoms with Gasteiger partial charge in [-0.05, 0) is 43.7 Å². The van der Waals surface area contributed by atoms with E-state index in [4.69, 9.17) is 10.2 Å². The van der Waals surface area contributed by atoms with Crippen LogP contribution in [0.25, 0.3) is 34.3 Å². The first kappa shape index (κ1) is 20.8. The van der Waals surface area contributed by atoms with Crippen molar-refractivity contribution in [1.82, 2.24) is 20.2 Å². The van der Waals surface area contributed by atoms with E-state index in [1.54, 1.807) is 44.3 Å². The molecule has 0 amide bonds. The van der Waals surface area contributed by atoms with Gasteiger partial charge in [-0.25, -0.2) is 13.4 Å². The lowest BCUT2D eigenvalue weighted by molar-refractivity contribution is 0.581. The highest BCUT2D eigenvalue weighted by atomic mass is 32.2. The second-order valence-electron chi connectivity index (χ2n) is 7.22. The Morgan fingerprint density at radius 3 is 2.35 bits per heavy atom. The molecule has 2 heterocycles. The van der Waals surface area contributed by atoms with Crippen molar-refractivity contribution in [2.75, 3.05) is 0 Å². The molecule has 31 heavy (non-hydrogen) atoms. The van der Waals surface area contributed by atoms with E-state index >= 15 is 0 Å². The number of hydrogen-bond donors (Lipinski definition) is 1. The molecule has 0 atom stereocenters. The maximum Gasteiger partial charge on any atom is 0.268 e. The van der Waals surface area contributed by atoms with E-state index in [1.807, 2.05) is 24.3 Å². The lowest BCUT2D eigenvalue weighted by atomic mass is 10.1. The van der Waals surface area contributed by atoms with Crippen molar-refractivity contribution in [3.63, 3.8) is 0 Å². The van der Waals surface area contributed by atoms with E-state index in [2.05, 4.69) is 20.2 Å². The molecule has 0 aliphatic rings. The summed E-state index contributed by atoms with van der Waals surface area (Å²) in [5.74, 6) is 0.599. The third-order valence-corrected chi connectivity index (χ3v) is 6.96. The van der Waals surface area contributed by atoms with Crippen LogP contribution in [0.1, 0.15) is 19.4 Å². The van der Waals surface area contributed by atoms with Gasteiger partial charge >= 0.3 is 0 Å². The Balaban J connectivity index is 1.63. The molecular formula is C22H21N5O3S. The summed E-state index contributed by atoms with van der Waals surface area (Å²) < 4.78 is 30.4. The van der Waals surface area contributed by atoms with Gasteiger partial charge in [-0.1, -0.05) is 24.3 Å². The van der Waals surface area contributed by atoms with E-state index in [9.17, 15) is 8.42 Å². The fourth-order valence-corrected chi connectivity index (χ4v) is 4.03. The number of aromatic nitrogens is 4. The van der Waals surface area contributed by atoms with Crippen molar-refractivity contribution >= 4 is 9.84 Å². The van der Waals surface area contributed by atoms with E-state index in [-0.39, 0.29) is 10.8 Å². The summed E-state index contributed by atoms with van der Waals surface area (Å²) in [5, 5.41) is 7.71. The summed E-state index contributed by atoms with van der Waals surface area (Å²) in [6.45, 7) is 3.73. The van der Waals surface area contributed by atoms with Gasteiger partial charge in [0.2, 0.25) is 5.89 Å². The molecule has 2 aromatic carbocycles. The first-order chi connectivity index (χ1) is 14.9. The highest BCUT2D eigenvalue weighted by molar-refractivity contribution is 7.92. The molecule has 0 unspecified atom stereocenters. The van der Waals surface area contributed by atoms with Gasteiger partial charge in [-0.3, -0.25) is 4.98 Å². The lowest BCUT2D eigenvalue weighted by Crippen LogP contribution is -2.13. The van der Waals surface area contributed by atoms with Crippen LogP contribution in [0.2, 0.25) is 0 Å². The quantitative estimate of drug-likeness (QED) is 0.488. The monoisotopic (exact) mass is 435 g/mol. The van der Waals surface area contributed by atoms with Crippen LogP contribution in [0.3, 0.4) is 0 Å². The third-order valence-electron chi connectivity index (χ3n) is 4.79. The van der Waals surface area contributed by atoms with Gasteiger partial charge in [0.05, 0.1) is 28.2 Å². The van der Waals surface area contributed by atoms with E-state index in [0.717, 1.165) is 16.7 Å². The van der Waals surface area contributed by atoms with E-state index in [1.165, 1.54) is 6.20 Å². The van der Waals surface area contributed by atoms with Crippen LogP contribution in [0.15, 0.2) is 70.2 Å². The first-order valence-electron chi connectivity index (χ1n) is 9.68. The van der Waals surface area contributed by atoms with Gasteiger partial charge in [0.25, 0.3) is 5.89 Å². The second kappa shape index (κ2) is 8.37. The molecule has 0 saturated heterocycles. The van der Waals surface area contributed by atoms with Crippen molar-refractivity contribution in [1.29, 1.82) is 0 Å². The van der Waals surface area contributed by atoms with Crippen molar-refractivity contribution in [2.45, 2.75) is 30.5 Å². The molecule has 2 aromatic heterocycles. The summed E-state index contributed by atoms with van der Waals surface area (Å²) in [4.78, 5) is 9.05. The molecule has 158 valence electrons. The normalized spacial score (nSPS) is 11.7. The predicted molar refractivity (Wildman–Crippen MR) is 116 cm³/mol. The number of nitrogens with two attached hydrogens (primary N) is 1. The highest BCUT2D eigenvalue weighted by Crippen LogP contribution is 2.26. The summed E-state index contributed by atoms with van der Waals surface area (Å²) in [6.07, 6.45) is 3.13. The lowest BCUT2D eigenvalue weighted by Gasteiger charge is -2.08. The predicted octanol–water partition coefficient (Wildman–Crippen LogP) is 3.50. The minimum Gasteiger partial charge on any atom is -0.415 e. The Bertz CT molecular complexity index is 1310. The van der Waals surface area contributed by atoms with Gasteiger partial charge in [-0.2, -0.15) is 0 Å². The zero-order chi connectivity index (χ0) is 22.0. The molecule has 4 aromatic rings. The largest absolute Gasteiger partial charge is 0.415 e. The van der Waals surface area contributed by atoms with Gasteiger partial charge in [0.1, 0.15) is 5.69 Å². The topological polar surface area (TPSA) is 125 Å². The highest BCUT2D eigenvalue weighted by Gasteiger charge is 2.19. The Morgan fingerprint density at radius 2 is 1.65 bits per heavy atom. The molecule has 0 spiro atoms. The maximum atomic E-state index is 12.3. The minimum atomic E-state index is -3.33. The molecular weight excluding hydrogens is 414 g/mol. The van der Waals surface area contributed by atoms with Crippen LogP contribution in [0, 0.1) is 0 Å². The number of sulfone groups is 1. The van der Waals surface area contributed by atoms with Gasteiger partial charge in [0, 0.05) is 17.7 Å². The molecule has 9 heteroatoms. The summed E-state index contributed by atoms with van der Waals surface area (Å²) >= 11 is 0. The van der Waals surface area contributed by atoms with Crippen LogP contribution in [0.5, 0.6) is 0 Å². The van der Waals surface area contributed by atoms with Gasteiger partial charge in [0.15, 0.2) is 9.84 Å². The Morgan fingerprint density at radius 1 is 0.935 bits per heavy atom. The minimum absolute atomic E-state index is 0.238. The van der Waals surface area contributed by atoms with Crippen molar-refractivity contribution < 1.29 is 12.8 Å². The molecule has 0 bridgehead atoms. The summed E-state index contributed by atoms with van der Waals surface area (Å²) in [7, 11) is -3.33. The summed E-state index contributed by atoms with van der Waals surface area (Å²) in [6, 6.07) is 14.1. The number of benzene rings is 2. The fraction of sp³-hybridized carbons (Fsp3) is 0.182. The molecule has 8 nitrogen and oxygen atoms in total. The smallest absolute Gasteiger partial charge is 0.268 e. The SMILES string of the molecule is CC(C)S(=O)(=O)c1ccc(-c2cncc(-c3nnc(-c4cccc(CN)c4)o3)n2)cc1. The zero-order valence-electron chi connectivity index (χ0n) is 17.1. The van der Waals surface area contributed by atoms with Crippen LogP contribution < -0.4 is 5.73 Å². The third kappa shape index (κ3) is 4.23. The van der Waals surface area contributed by atoms with E-state index < -0.39 is 15.1 Å². The van der Waals surface area contributed by atoms with Crippen LogP contribution >= 0.6 is 0 Å². The molecule has 0 aliphatic heterocycles. The average molecular weight is 436 g/mol. The second-order valence-corrected chi connectivity index (χ2v) is 9.73. The number of rotatable bonds is 6. The van der Waals surface area contributed by atoms with Crippen molar-refractivity contribution in [3.05, 3.63) is 66.5 Å². The van der Waals surface area contributed by atoms with E-state index in [0.29, 0.717) is 23.8 Å². The Kier molecular flexibility index (Phi) is 5.62. The molecule has 0 aliphatic carbocycles. The van der Waals surface area contributed by atoms with Crippen LogP contribution in [0.4, 0.5) is 0 Å². The van der Waals surface area contributed by atoms with Crippen LogP contribution in [-0.2, 0) is 16.4 Å². The number of hydrogen-bond acceptors (Lipinski definition) is 8. The molecule has 0 saturated carbocycles. The van der Waals surface area contributed by atoms with Crippen LogP contribution in [-0.4, -0.2) is 33.8 Å². The number of nitrogens with zero attached hydrogens (tertiary/aromatic N) is 4. The standard InChI is InChI=1S/C22H21N5O3S/c1-14(2)31(28,29)18-8-6-16(7-9-18)19-12-24-13-20(25-19)22-27-26-21(30-22)17-5-3-4-15(10-17)11-23/h3-10,12-14H,11,23H2,1-2H3.